The van der Waals surface area contributed by atoms with Gasteiger partial charge in [-0.3, -0.25) is 13.6 Å². The van der Waals surface area contributed by atoms with Crippen LogP contribution in [0.15, 0.2) is 51.7 Å². The van der Waals surface area contributed by atoms with Gasteiger partial charge in [0.1, 0.15) is 0 Å². The normalized spacial score (nSPS) is 11.6. The molecule has 0 aliphatic rings. The summed E-state index contributed by atoms with van der Waals surface area (Å²) in [7, 11) is 0. The second kappa shape index (κ2) is 6.16. The van der Waals surface area contributed by atoms with Gasteiger partial charge in [0.15, 0.2) is 0 Å². The van der Waals surface area contributed by atoms with Crippen molar-refractivity contribution in [3.8, 4) is 0 Å². The number of halogens is 2. The van der Waals surface area contributed by atoms with E-state index in [1.54, 1.807) is 35.6 Å². The van der Waals surface area contributed by atoms with Crippen molar-refractivity contribution in [3.05, 3.63) is 46.7 Å². The van der Waals surface area contributed by atoms with E-state index < -0.39 is 6.55 Å². The number of aliphatic imine (C=N–C) groups is 1. The lowest BCUT2D eigenvalue weighted by atomic mass is 10.3. The zero-order valence-electron chi connectivity index (χ0n) is 9.64. The SMILES string of the molecule is CC(=Nc1ccccc1SB(F)F)c1cccs1. The van der Waals surface area contributed by atoms with Crippen molar-refractivity contribution < 1.29 is 8.63 Å². The summed E-state index contributed by atoms with van der Waals surface area (Å²) in [5.74, 6) is 0. The fourth-order valence-electron chi connectivity index (χ4n) is 1.47. The molecule has 0 N–H and O–H groups in total. The Kier molecular flexibility index (Phi) is 4.55. The van der Waals surface area contributed by atoms with Crippen LogP contribution in [-0.2, 0) is 0 Å². The Bertz CT molecular complexity index is 541. The number of benzene rings is 1. The van der Waals surface area contributed by atoms with E-state index in [2.05, 4.69) is 4.99 Å². The molecule has 0 spiro atoms. The molecule has 2 aromatic rings. The summed E-state index contributed by atoms with van der Waals surface area (Å²) in [5.41, 5.74) is 1.43. The molecule has 0 saturated carbocycles. The highest BCUT2D eigenvalue weighted by Gasteiger charge is 2.16. The highest BCUT2D eigenvalue weighted by molar-refractivity contribution is 8.24. The number of para-hydroxylation sites is 1. The molecule has 92 valence electrons. The molecule has 0 fully saturated rings. The molecule has 0 bridgehead atoms. The van der Waals surface area contributed by atoms with Gasteiger partial charge in [-0.15, -0.1) is 11.3 Å². The van der Waals surface area contributed by atoms with Crippen molar-refractivity contribution >= 4 is 40.9 Å². The quantitative estimate of drug-likeness (QED) is 0.573. The average Bonchev–Trinajstić information content (AvgIpc) is 2.84. The first-order valence-corrected chi connectivity index (χ1v) is 7.06. The average molecular weight is 281 g/mol. The van der Waals surface area contributed by atoms with Crippen molar-refractivity contribution in [3.63, 3.8) is 0 Å². The highest BCUT2D eigenvalue weighted by Crippen LogP contribution is 2.32. The largest absolute Gasteiger partial charge is 0.614 e. The van der Waals surface area contributed by atoms with Gasteiger partial charge in [-0.25, -0.2) is 0 Å². The second-order valence-electron chi connectivity index (χ2n) is 3.52. The van der Waals surface area contributed by atoms with Gasteiger partial charge in [-0.2, -0.15) is 0 Å². The van der Waals surface area contributed by atoms with Crippen molar-refractivity contribution in [2.45, 2.75) is 11.8 Å². The van der Waals surface area contributed by atoms with E-state index in [0.29, 0.717) is 22.2 Å². The Hall–Kier alpha value is -1.14. The van der Waals surface area contributed by atoms with E-state index in [9.17, 15) is 8.63 Å². The summed E-state index contributed by atoms with van der Waals surface area (Å²) >= 11 is 2.11. The van der Waals surface area contributed by atoms with Crippen molar-refractivity contribution in [1.29, 1.82) is 0 Å². The summed E-state index contributed by atoms with van der Waals surface area (Å²) < 4.78 is 24.9. The van der Waals surface area contributed by atoms with Gasteiger partial charge < -0.3 is 0 Å². The Labute approximate surface area is 113 Å². The van der Waals surface area contributed by atoms with Gasteiger partial charge in [-0.05, 0) is 30.5 Å². The van der Waals surface area contributed by atoms with E-state index in [-0.39, 0.29) is 0 Å². The Morgan fingerprint density at radius 2 is 2.00 bits per heavy atom. The lowest BCUT2D eigenvalue weighted by molar-refractivity contribution is 0.700. The van der Waals surface area contributed by atoms with Crippen LogP contribution in [0.4, 0.5) is 14.3 Å². The van der Waals surface area contributed by atoms with Crippen LogP contribution in [0.5, 0.6) is 0 Å². The zero-order valence-corrected chi connectivity index (χ0v) is 11.3. The first-order valence-electron chi connectivity index (χ1n) is 5.30. The highest BCUT2D eigenvalue weighted by atomic mass is 32.2. The molecule has 0 atom stereocenters. The van der Waals surface area contributed by atoms with E-state index in [0.717, 1.165) is 10.6 Å². The molecular weight excluding hydrogens is 271 g/mol. The predicted molar refractivity (Wildman–Crippen MR) is 76.5 cm³/mol. The number of hydrogen-bond acceptors (Lipinski definition) is 3. The minimum Gasteiger partial charge on any atom is -0.274 e. The van der Waals surface area contributed by atoms with Crippen LogP contribution in [0.1, 0.15) is 11.8 Å². The minimum absolute atomic E-state index is 0.503. The molecule has 0 saturated heterocycles. The molecule has 0 aliphatic carbocycles. The van der Waals surface area contributed by atoms with Crippen LogP contribution in [0.2, 0.25) is 0 Å². The first kappa shape index (κ1) is 13.3. The van der Waals surface area contributed by atoms with Crippen LogP contribution < -0.4 is 0 Å². The van der Waals surface area contributed by atoms with E-state index >= 15 is 0 Å². The molecule has 18 heavy (non-hydrogen) atoms. The molecular formula is C12H10BF2NS2. The van der Waals surface area contributed by atoms with Crippen molar-refractivity contribution in [2.24, 2.45) is 4.99 Å². The zero-order chi connectivity index (χ0) is 13.0. The number of thiophene rings is 1. The van der Waals surface area contributed by atoms with Gasteiger partial charge in [-0.1, -0.05) is 29.8 Å². The van der Waals surface area contributed by atoms with Crippen LogP contribution >= 0.6 is 22.9 Å². The number of hydrogen-bond donors (Lipinski definition) is 0. The summed E-state index contributed by atoms with van der Waals surface area (Å²) in [6.45, 7) is -0.543. The second-order valence-corrected chi connectivity index (χ2v) is 5.50. The molecule has 6 heteroatoms. The summed E-state index contributed by atoms with van der Waals surface area (Å²) in [6, 6.07) is 10.9. The number of rotatable bonds is 4. The maximum atomic E-state index is 12.4. The maximum Gasteiger partial charge on any atom is 0.614 e. The van der Waals surface area contributed by atoms with Crippen LogP contribution in [0.25, 0.3) is 0 Å². The lowest BCUT2D eigenvalue weighted by Crippen LogP contribution is -1.91. The first-order chi connectivity index (χ1) is 8.66. The lowest BCUT2D eigenvalue weighted by Gasteiger charge is -2.04. The minimum atomic E-state index is -2.43. The Morgan fingerprint density at radius 1 is 1.22 bits per heavy atom. The molecule has 2 rings (SSSR count). The third-order valence-corrected chi connectivity index (χ3v) is 4.00. The van der Waals surface area contributed by atoms with E-state index in [1.807, 2.05) is 24.4 Å². The van der Waals surface area contributed by atoms with Crippen molar-refractivity contribution in [2.75, 3.05) is 0 Å². The number of nitrogens with zero attached hydrogens (tertiary/aromatic N) is 1. The van der Waals surface area contributed by atoms with Crippen LogP contribution in [-0.4, -0.2) is 12.3 Å². The molecule has 0 unspecified atom stereocenters. The summed E-state index contributed by atoms with van der Waals surface area (Å²) in [4.78, 5) is 5.98. The fraction of sp³-hybridized carbons (Fsp3) is 0.0833. The maximum absolute atomic E-state index is 12.4. The summed E-state index contributed by atoms with van der Waals surface area (Å²) in [5, 5.41) is 1.97. The fourth-order valence-corrected chi connectivity index (χ4v) is 2.73. The van der Waals surface area contributed by atoms with Gasteiger partial charge in [0.2, 0.25) is 0 Å². The predicted octanol–water partition coefficient (Wildman–Crippen LogP) is 4.90. The van der Waals surface area contributed by atoms with Crippen molar-refractivity contribution in [1.82, 2.24) is 0 Å². The van der Waals surface area contributed by atoms with Gasteiger partial charge in [0.05, 0.1) is 11.4 Å². The van der Waals surface area contributed by atoms with Crippen LogP contribution in [0.3, 0.4) is 0 Å². The Balaban J connectivity index is 2.31. The smallest absolute Gasteiger partial charge is 0.274 e. The third-order valence-electron chi connectivity index (χ3n) is 2.25. The van der Waals surface area contributed by atoms with Crippen LogP contribution in [0, 0.1) is 0 Å². The molecule has 1 aromatic heterocycles. The molecule has 1 nitrogen and oxygen atoms in total. The monoisotopic (exact) mass is 281 g/mol. The molecule has 1 aromatic carbocycles. The molecule has 0 aliphatic heterocycles. The standard InChI is InChI=1S/C12H10BF2NS2/c1-9(11-7-4-8-17-11)16-10-5-2-3-6-12(10)18-13(14)15/h2-8H,1H3. The molecule has 0 radical (unpaired) electrons. The van der Waals surface area contributed by atoms with Gasteiger partial charge in [0, 0.05) is 9.77 Å². The summed E-state index contributed by atoms with van der Waals surface area (Å²) in [6.07, 6.45) is 0. The molecule has 1 heterocycles. The van der Waals surface area contributed by atoms with E-state index in [4.69, 9.17) is 0 Å². The van der Waals surface area contributed by atoms with Gasteiger partial charge in [0.25, 0.3) is 0 Å². The van der Waals surface area contributed by atoms with E-state index in [1.165, 1.54) is 0 Å². The topological polar surface area (TPSA) is 12.4 Å². The Morgan fingerprint density at radius 3 is 2.67 bits per heavy atom. The molecule has 0 amide bonds. The third kappa shape index (κ3) is 3.43. The van der Waals surface area contributed by atoms with Gasteiger partial charge >= 0.3 is 6.55 Å².